The van der Waals surface area contributed by atoms with Crippen molar-refractivity contribution in [1.82, 2.24) is 9.55 Å². The highest BCUT2D eigenvalue weighted by Crippen LogP contribution is 2.10. The number of carbonyl (C=O) groups excluding carboxylic acids is 1. The van der Waals surface area contributed by atoms with Crippen molar-refractivity contribution in [2.24, 2.45) is 0 Å². The molecular formula is C13H14N2O3. The molecule has 1 heterocycles. The van der Waals surface area contributed by atoms with E-state index in [4.69, 9.17) is 0 Å². The van der Waals surface area contributed by atoms with Crippen LogP contribution in [0.15, 0.2) is 23.0 Å². The second-order valence-electron chi connectivity index (χ2n) is 4.15. The van der Waals surface area contributed by atoms with Crippen LogP contribution in [0.2, 0.25) is 0 Å². The van der Waals surface area contributed by atoms with Crippen molar-refractivity contribution < 1.29 is 9.53 Å². The number of hydrogen-bond acceptors (Lipinski definition) is 4. The van der Waals surface area contributed by atoms with Crippen molar-refractivity contribution in [1.29, 1.82) is 0 Å². The maximum absolute atomic E-state index is 12.3. The molecule has 0 aliphatic heterocycles. The van der Waals surface area contributed by atoms with Crippen molar-refractivity contribution in [3.8, 4) is 0 Å². The number of carbonyl (C=O) groups is 1. The molecule has 5 nitrogen and oxygen atoms in total. The van der Waals surface area contributed by atoms with Crippen LogP contribution in [0.5, 0.6) is 0 Å². The van der Waals surface area contributed by atoms with Crippen LogP contribution < -0.4 is 5.56 Å². The van der Waals surface area contributed by atoms with Crippen molar-refractivity contribution in [3.63, 3.8) is 0 Å². The quantitative estimate of drug-likeness (QED) is 0.747. The summed E-state index contributed by atoms with van der Waals surface area (Å²) >= 11 is 0. The zero-order valence-electron chi connectivity index (χ0n) is 10.6. The van der Waals surface area contributed by atoms with E-state index < -0.39 is 5.97 Å². The number of methoxy groups -OCH3 is 1. The first-order valence-corrected chi connectivity index (χ1v) is 5.57. The largest absolute Gasteiger partial charge is 0.468 e. The summed E-state index contributed by atoms with van der Waals surface area (Å²) in [5.74, 6) is 0.0377. The van der Waals surface area contributed by atoms with Crippen LogP contribution in [0.4, 0.5) is 0 Å². The molecule has 0 bridgehead atoms. The molecule has 1 aromatic heterocycles. The minimum Gasteiger partial charge on any atom is -0.468 e. The molecule has 0 radical (unpaired) electrons. The average Bonchev–Trinajstić information content (AvgIpc) is 2.35. The fourth-order valence-electron chi connectivity index (χ4n) is 1.83. The molecule has 5 heteroatoms. The molecule has 0 saturated heterocycles. The summed E-state index contributed by atoms with van der Waals surface area (Å²) in [6.45, 7) is 3.49. The molecule has 0 N–H and O–H groups in total. The van der Waals surface area contributed by atoms with Gasteiger partial charge in [-0.3, -0.25) is 14.2 Å². The van der Waals surface area contributed by atoms with Gasteiger partial charge in [0, 0.05) is 0 Å². The van der Waals surface area contributed by atoms with Gasteiger partial charge in [-0.1, -0.05) is 11.6 Å². The average molecular weight is 246 g/mol. The first-order chi connectivity index (χ1) is 8.52. The lowest BCUT2D eigenvalue weighted by Gasteiger charge is -2.09. The Morgan fingerprint density at radius 1 is 1.39 bits per heavy atom. The Balaban J connectivity index is 2.67. The van der Waals surface area contributed by atoms with Crippen molar-refractivity contribution >= 4 is 16.9 Å². The molecule has 2 aromatic rings. The van der Waals surface area contributed by atoms with Gasteiger partial charge in [-0.2, -0.15) is 0 Å². The van der Waals surface area contributed by atoms with E-state index in [1.165, 1.54) is 11.7 Å². The lowest BCUT2D eigenvalue weighted by Crippen LogP contribution is -2.28. The highest BCUT2D eigenvalue weighted by molar-refractivity contribution is 5.78. The van der Waals surface area contributed by atoms with Crippen molar-refractivity contribution in [3.05, 3.63) is 39.9 Å². The van der Waals surface area contributed by atoms with Crippen LogP contribution in [-0.2, 0) is 16.1 Å². The highest BCUT2D eigenvalue weighted by Gasteiger charge is 2.11. The highest BCUT2D eigenvalue weighted by atomic mass is 16.5. The van der Waals surface area contributed by atoms with Crippen molar-refractivity contribution in [2.75, 3.05) is 7.11 Å². The zero-order valence-corrected chi connectivity index (χ0v) is 10.6. The van der Waals surface area contributed by atoms with Crippen LogP contribution in [0.3, 0.4) is 0 Å². The van der Waals surface area contributed by atoms with E-state index in [2.05, 4.69) is 9.72 Å². The topological polar surface area (TPSA) is 61.2 Å². The van der Waals surface area contributed by atoms with Crippen LogP contribution in [0, 0.1) is 13.8 Å². The van der Waals surface area contributed by atoms with E-state index in [1.54, 1.807) is 13.0 Å². The third-order valence-electron chi connectivity index (χ3n) is 2.82. The molecule has 18 heavy (non-hydrogen) atoms. The number of fused-ring (bicyclic) bond motifs is 1. The van der Waals surface area contributed by atoms with Crippen LogP contribution in [0.25, 0.3) is 10.9 Å². The second-order valence-corrected chi connectivity index (χ2v) is 4.15. The standard InChI is InChI=1S/C13H14N2O3/c1-8-4-5-11-10(6-8)13(17)15(9(2)14-11)7-12(16)18-3/h4-6H,7H2,1-3H3. The number of rotatable bonds is 2. The SMILES string of the molecule is COC(=O)Cn1c(C)nc2ccc(C)cc2c1=O. The third-order valence-corrected chi connectivity index (χ3v) is 2.82. The number of aromatic nitrogens is 2. The van der Waals surface area contributed by atoms with E-state index in [0.717, 1.165) is 5.56 Å². The number of hydrogen-bond donors (Lipinski definition) is 0. The molecule has 0 aliphatic carbocycles. The first-order valence-electron chi connectivity index (χ1n) is 5.57. The normalized spacial score (nSPS) is 10.6. The summed E-state index contributed by atoms with van der Waals surface area (Å²) in [6, 6.07) is 5.48. The zero-order chi connectivity index (χ0) is 13.3. The van der Waals surface area contributed by atoms with Gasteiger partial charge in [0.15, 0.2) is 0 Å². The summed E-state index contributed by atoms with van der Waals surface area (Å²) in [5.41, 5.74) is 1.41. The molecule has 94 valence electrons. The fraction of sp³-hybridized carbons (Fsp3) is 0.308. The maximum Gasteiger partial charge on any atom is 0.325 e. The van der Waals surface area contributed by atoms with Crippen LogP contribution in [-0.4, -0.2) is 22.6 Å². The van der Waals surface area contributed by atoms with E-state index >= 15 is 0 Å². The van der Waals surface area contributed by atoms with Gasteiger partial charge < -0.3 is 4.74 Å². The number of ether oxygens (including phenoxy) is 1. The predicted octanol–water partition coefficient (Wildman–Crippen LogP) is 1.19. The van der Waals surface area contributed by atoms with Gasteiger partial charge >= 0.3 is 5.97 Å². The molecule has 2 rings (SSSR count). The molecular weight excluding hydrogens is 232 g/mol. The van der Waals surface area contributed by atoms with Crippen LogP contribution >= 0.6 is 0 Å². The number of esters is 1. The summed E-state index contributed by atoms with van der Waals surface area (Å²) in [5, 5.41) is 0.518. The summed E-state index contributed by atoms with van der Waals surface area (Å²) < 4.78 is 5.90. The van der Waals surface area contributed by atoms with Gasteiger partial charge in [-0.15, -0.1) is 0 Å². The molecule has 0 aliphatic rings. The van der Waals surface area contributed by atoms with E-state index in [-0.39, 0.29) is 12.1 Å². The second kappa shape index (κ2) is 4.60. The molecule has 0 unspecified atom stereocenters. The van der Waals surface area contributed by atoms with E-state index in [9.17, 15) is 9.59 Å². The molecule has 0 fully saturated rings. The van der Waals surface area contributed by atoms with Gasteiger partial charge in [0.25, 0.3) is 5.56 Å². The molecule has 0 atom stereocenters. The fourth-order valence-corrected chi connectivity index (χ4v) is 1.83. The number of benzene rings is 1. The molecule has 0 spiro atoms. The summed E-state index contributed by atoms with van der Waals surface area (Å²) in [6.07, 6.45) is 0. The Morgan fingerprint density at radius 2 is 2.11 bits per heavy atom. The Kier molecular flexibility index (Phi) is 3.14. The van der Waals surface area contributed by atoms with Gasteiger partial charge in [0.05, 0.1) is 18.0 Å². The number of aryl methyl sites for hydroxylation is 2. The summed E-state index contributed by atoms with van der Waals surface area (Å²) in [7, 11) is 1.29. The smallest absolute Gasteiger partial charge is 0.325 e. The molecule has 1 aromatic carbocycles. The van der Waals surface area contributed by atoms with Crippen molar-refractivity contribution in [2.45, 2.75) is 20.4 Å². The van der Waals surface area contributed by atoms with E-state index in [1.807, 2.05) is 19.1 Å². The Morgan fingerprint density at radius 3 is 2.78 bits per heavy atom. The lowest BCUT2D eigenvalue weighted by molar-refractivity contribution is -0.141. The predicted molar refractivity (Wildman–Crippen MR) is 67.5 cm³/mol. The van der Waals surface area contributed by atoms with Gasteiger partial charge in [-0.25, -0.2) is 4.98 Å². The van der Waals surface area contributed by atoms with Crippen LogP contribution in [0.1, 0.15) is 11.4 Å². The molecule has 0 amide bonds. The summed E-state index contributed by atoms with van der Waals surface area (Å²) in [4.78, 5) is 27.9. The monoisotopic (exact) mass is 246 g/mol. The van der Waals surface area contributed by atoms with Gasteiger partial charge in [0.1, 0.15) is 12.4 Å². The van der Waals surface area contributed by atoms with Gasteiger partial charge in [0.2, 0.25) is 0 Å². The number of nitrogens with zero attached hydrogens (tertiary/aromatic N) is 2. The Labute approximate surface area is 104 Å². The lowest BCUT2D eigenvalue weighted by atomic mass is 10.1. The molecule has 0 saturated carbocycles. The van der Waals surface area contributed by atoms with E-state index in [0.29, 0.717) is 16.7 Å². The maximum atomic E-state index is 12.3. The Hall–Kier alpha value is -2.17. The van der Waals surface area contributed by atoms with Gasteiger partial charge in [-0.05, 0) is 26.0 Å². The minimum atomic E-state index is -0.464. The Bertz CT molecular complexity index is 674. The first kappa shape index (κ1) is 12.3. The third kappa shape index (κ3) is 2.11. The minimum absolute atomic E-state index is 0.113.